The molecular formula is C15H22FNO. The summed E-state index contributed by atoms with van der Waals surface area (Å²) in [5.41, 5.74) is 6.22. The molecule has 0 amide bonds. The Morgan fingerprint density at radius 2 is 1.94 bits per heavy atom. The van der Waals surface area contributed by atoms with Gasteiger partial charge in [-0.15, -0.1) is 0 Å². The van der Waals surface area contributed by atoms with Gasteiger partial charge >= 0.3 is 0 Å². The zero-order chi connectivity index (χ0) is 13.1. The molecule has 0 radical (unpaired) electrons. The minimum Gasteiger partial charge on any atom is -0.490 e. The van der Waals surface area contributed by atoms with Gasteiger partial charge < -0.3 is 10.5 Å². The highest BCUT2D eigenvalue weighted by atomic mass is 19.1. The number of hydrogen-bond donors (Lipinski definition) is 1. The Kier molecular flexibility index (Phi) is 4.23. The molecule has 1 aliphatic carbocycles. The van der Waals surface area contributed by atoms with Crippen molar-refractivity contribution in [3.05, 3.63) is 29.6 Å². The summed E-state index contributed by atoms with van der Waals surface area (Å²) in [5.74, 6) is 1.14. The Labute approximate surface area is 108 Å². The summed E-state index contributed by atoms with van der Waals surface area (Å²) in [6.45, 7) is 4.05. The number of rotatable bonds is 3. The van der Waals surface area contributed by atoms with E-state index in [0.29, 0.717) is 11.3 Å². The molecule has 1 aromatic rings. The maximum absolute atomic E-state index is 13.8. The second kappa shape index (κ2) is 5.70. The zero-order valence-corrected chi connectivity index (χ0v) is 11.2. The van der Waals surface area contributed by atoms with Crippen molar-refractivity contribution in [2.75, 3.05) is 0 Å². The number of ether oxygens (including phenoxy) is 1. The van der Waals surface area contributed by atoms with Gasteiger partial charge in [0.25, 0.3) is 0 Å². The Balaban J connectivity index is 2.00. The Morgan fingerprint density at radius 1 is 1.28 bits per heavy atom. The molecule has 1 atom stereocenters. The summed E-state index contributed by atoms with van der Waals surface area (Å²) >= 11 is 0. The Morgan fingerprint density at radius 3 is 2.50 bits per heavy atom. The third-order valence-corrected chi connectivity index (χ3v) is 3.73. The minimum absolute atomic E-state index is 0.238. The van der Waals surface area contributed by atoms with E-state index in [4.69, 9.17) is 10.5 Å². The van der Waals surface area contributed by atoms with E-state index in [1.165, 1.54) is 18.9 Å². The van der Waals surface area contributed by atoms with E-state index in [1.54, 1.807) is 13.0 Å². The lowest BCUT2D eigenvalue weighted by Gasteiger charge is -2.27. The summed E-state index contributed by atoms with van der Waals surface area (Å²) in [7, 11) is 0. The first-order valence-electron chi connectivity index (χ1n) is 6.78. The molecule has 100 valence electrons. The average molecular weight is 251 g/mol. The SMILES string of the molecule is CC1CCC(Oc2ccc([C@H](C)N)c(F)c2)CC1. The lowest BCUT2D eigenvalue weighted by atomic mass is 9.89. The van der Waals surface area contributed by atoms with E-state index in [1.807, 2.05) is 6.07 Å². The normalized spacial score (nSPS) is 25.8. The van der Waals surface area contributed by atoms with Crippen LogP contribution in [0.5, 0.6) is 5.75 Å². The number of hydrogen-bond acceptors (Lipinski definition) is 2. The molecule has 18 heavy (non-hydrogen) atoms. The fraction of sp³-hybridized carbons (Fsp3) is 0.600. The average Bonchev–Trinajstić information content (AvgIpc) is 2.32. The van der Waals surface area contributed by atoms with Crippen LogP contribution < -0.4 is 10.5 Å². The topological polar surface area (TPSA) is 35.2 Å². The van der Waals surface area contributed by atoms with E-state index in [9.17, 15) is 4.39 Å². The molecule has 2 rings (SSSR count). The van der Waals surface area contributed by atoms with Crippen molar-refractivity contribution < 1.29 is 9.13 Å². The number of benzene rings is 1. The fourth-order valence-corrected chi connectivity index (χ4v) is 2.49. The molecule has 0 bridgehead atoms. The van der Waals surface area contributed by atoms with Crippen LogP contribution in [0.1, 0.15) is 51.1 Å². The summed E-state index contributed by atoms with van der Waals surface area (Å²) < 4.78 is 19.6. The minimum atomic E-state index is -0.283. The van der Waals surface area contributed by atoms with E-state index in [-0.39, 0.29) is 18.0 Å². The second-order valence-electron chi connectivity index (χ2n) is 5.47. The van der Waals surface area contributed by atoms with Crippen molar-refractivity contribution in [1.29, 1.82) is 0 Å². The summed E-state index contributed by atoms with van der Waals surface area (Å²) in [4.78, 5) is 0. The first-order valence-corrected chi connectivity index (χ1v) is 6.78. The molecule has 2 N–H and O–H groups in total. The van der Waals surface area contributed by atoms with E-state index < -0.39 is 0 Å². The van der Waals surface area contributed by atoms with Crippen LogP contribution in [0.15, 0.2) is 18.2 Å². The van der Waals surface area contributed by atoms with Crippen LogP contribution in [-0.2, 0) is 0 Å². The molecule has 0 spiro atoms. The lowest BCUT2D eigenvalue weighted by Crippen LogP contribution is -2.23. The second-order valence-corrected chi connectivity index (χ2v) is 5.47. The molecule has 0 unspecified atom stereocenters. The Hall–Kier alpha value is -1.09. The molecule has 0 heterocycles. The summed E-state index contributed by atoms with van der Waals surface area (Å²) in [5, 5.41) is 0. The monoisotopic (exact) mass is 251 g/mol. The fourth-order valence-electron chi connectivity index (χ4n) is 2.49. The molecule has 0 aliphatic heterocycles. The molecule has 1 saturated carbocycles. The van der Waals surface area contributed by atoms with Gasteiger partial charge in [-0.3, -0.25) is 0 Å². The highest BCUT2D eigenvalue weighted by Gasteiger charge is 2.20. The maximum Gasteiger partial charge on any atom is 0.131 e. The molecular weight excluding hydrogens is 229 g/mol. The highest BCUT2D eigenvalue weighted by molar-refractivity contribution is 5.30. The van der Waals surface area contributed by atoms with Crippen LogP contribution in [0, 0.1) is 11.7 Å². The standard InChI is InChI=1S/C15H22FNO/c1-10-3-5-12(6-4-10)18-13-7-8-14(11(2)17)15(16)9-13/h7-12H,3-6,17H2,1-2H3/t10?,11-,12?/m0/s1. The van der Waals surface area contributed by atoms with Gasteiger partial charge in [0.1, 0.15) is 11.6 Å². The van der Waals surface area contributed by atoms with Gasteiger partial charge in [-0.05, 0) is 44.6 Å². The summed E-state index contributed by atoms with van der Waals surface area (Å²) in [6.07, 6.45) is 4.77. The quantitative estimate of drug-likeness (QED) is 0.886. The van der Waals surface area contributed by atoms with Gasteiger partial charge in [0, 0.05) is 17.7 Å². The predicted octanol–water partition coefficient (Wildman–Crippen LogP) is 3.80. The molecule has 0 aromatic heterocycles. The third kappa shape index (κ3) is 3.22. The van der Waals surface area contributed by atoms with Crippen molar-refractivity contribution in [2.24, 2.45) is 11.7 Å². The largest absolute Gasteiger partial charge is 0.490 e. The van der Waals surface area contributed by atoms with E-state index in [0.717, 1.165) is 18.8 Å². The van der Waals surface area contributed by atoms with E-state index in [2.05, 4.69) is 6.92 Å². The van der Waals surface area contributed by atoms with Crippen LogP contribution in [0.2, 0.25) is 0 Å². The molecule has 0 saturated heterocycles. The van der Waals surface area contributed by atoms with Gasteiger partial charge in [0.05, 0.1) is 6.10 Å². The predicted molar refractivity (Wildman–Crippen MR) is 71.1 cm³/mol. The van der Waals surface area contributed by atoms with Gasteiger partial charge in [0.2, 0.25) is 0 Å². The number of halogens is 1. The zero-order valence-electron chi connectivity index (χ0n) is 11.2. The lowest BCUT2D eigenvalue weighted by molar-refractivity contribution is 0.135. The summed E-state index contributed by atoms with van der Waals surface area (Å²) in [6, 6.07) is 4.71. The number of nitrogens with two attached hydrogens (primary N) is 1. The van der Waals surface area contributed by atoms with Crippen molar-refractivity contribution in [3.63, 3.8) is 0 Å². The third-order valence-electron chi connectivity index (χ3n) is 3.73. The van der Waals surface area contributed by atoms with Crippen molar-refractivity contribution >= 4 is 0 Å². The molecule has 1 aromatic carbocycles. The molecule has 2 nitrogen and oxygen atoms in total. The highest BCUT2D eigenvalue weighted by Crippen LogP contribution is 2.28. The van der Waals surface area contributed by atoms with Gasteiger partial charge in [-0.2, -0.15) is 0 Å². The van der Waals surface area contributed by atoms with Crippen LogP contribution in [-0.4, -0.2) is 6.10 Å². The van der Waals surface area contributed by atoms with Gasteiger partial charge in [-0.1, -0.05) is 13.0 Å². The van der Waals surface area contributed by atoms with Crippen LogP contribution >= 0.6 is 0 Å². The van der Waals surface area contributed by atoms with Crippen molar-refractivity contribution in [2.45, 2.75) is 51.7 Å². The first-order chi connectivity index (χ1) is 8.56. The first kappa shape index (κ1) is 13.3. The molecule has 3 heteroatoms. The molecule has 1 fully saturated rings. The van der Waals surface area contributed by atoms with Crippen molar-refractivity contribution in [1.82, 2.24) is 0 Å². The van der Waals surface area contributed by atoms with Crippen molar-refractivity contribution in [3.8, 4) is 5.75 Å². The van der Waals surface area contributed by atoms with Gasteiger partial charge in [0.15, 0.2) is 0 Å². The van der Waals surface area contributed by atoms with Crippen LogP contribution in [0.3, 0.4) is 0 Å². The maximum atomic E-state index is 13.8. The Bertz CT molecular complexity index is 397. The van der Waals surface area contributed by atoms with E-state index >= 15 is 0 Å². The molecule has 1 aliphatic rings. The van der Waals surface area contributed by atoms with Crippen LogP contribution in [0.4, 0.5) is 4.39 Å². The van der Waals surface area contributed by atoms with Gasteiger partial charge in [-0.25, -0.2) is 4.39 Å². The smallest absolute Gasteiger partial charge is 0.131 e. The van der Waals surface area contributed by atoms with Crippen LogP contribution in [0.25, 0.3) is 0 Å².